The third-order valence-corrected chi connectivity index (χ3v) is 3.44. The molecule has 0 aliphatic rings. The monoisotopic (exact) mass is 336 g/mol. The molecule has 0 saturated carbocycles. The summed E-state index contributed by atoms with van der Waals surface area (Å²) in [6.07, 6.45) is 1.75. The highest BCUT2D eigenvalue weighted by Gasteiger charge is 2.08. The first-order valence-corrected chi connectivity index (χ1v) is 7.20. The lowest BCUT2D eigenvalue weighted by atomic mass is 10.1. The van der Waals surface area contributed by atoms with Crippen molar-refractivity contribution in [2.24, 2.45) is 5.73 Å². The molecule has 0 saturated heterocycles. The summed E-state index contributed by atoms with van der Waals surface area (Å²) in [6, 6.07) is 10.7. The molecule has 2 aromatic rings. The van der Waals surface area contributed by atoms with Gasteiger partial charge >= 0.3 is 0 Å². The molecule has 0 fully saturated rings. The molecule has 106 valence electrons. The highest BCUT2D eigenvalue weighted by Crippen LogP contribution is 2.27. The van der Waals surface area contributed by atoms with E-state index in [2.05, 4.69) is 15.9 Å². The lowest BCUT2D eigenvalue weighted by molar-refractivity contribution is 0.292. The van der Waals surface area contributed by atoms with Crippen LogP contribution in [0.2, 0.25) is 0 Å². The number of nitrogens with two attached hydrogens (primary N) is 1. The normalized spacial score (nSPS) is 12.2. The van der Waals surface area contributed by atoms with Crippen molar-refractivity contribution in [1.29, 1.82) is 0 Å². The van der Waals surface area contributed by atoms with Gasteiger partial charge in [-0.25, -0.2) is 0 Å². The van der Waals surface area contributed by atoms with E-state index in [4.69, 9.17) is 10.5 Å². The number of hydrogen-bond acceptors (Lipinski definition) is 3. The Morgan fingerprint density at radius 1 is 1.35 bits per heavy atom. The van der Waals surface area contributed by atoms with Crippen LogP contribution in [0.25, 0.3) is 0 Å². The molecule has 2 N–H and O–H groups in total. The predicted octanol–water partition coefficient (Wildman–Crippen LogP) is 2.71. The van der Waals surface area contributed by atoms with Gasteiger partial charge in [0.2, 0.25) is 0 Å². The predicted molar refractivity (Wildman–Crippen MR) is 82.9 cm³/mol. The molecule has 0 bridgehead atoms. The van der Waals surface area contributed by atoms with Gasteiger partial charge in [0.1, 0.15) is 12.4 Å². The van der Waals surface area contributed by atoms with Crippen molar-refractivity contribution in [3.05, 3.63) is 63.0 Å². The van der Waals surface area contributed by atoms with Crippen LogP contribution in [-0.2, 0) is 6.54 Å². The molecule has 20 heavy (non-hydrogen) atoms. The number of hydrogen-bond donors (Lipinski definition) is 1. The van der Waals surface area contributed by atoms with E-state index in [0.717, 1.165) is 15.8 Å². The van der Waals surface area contributed by atoms with E-state index in [-0.39, 0.29) is 11.6 Å². The van der Waals surface area contributed by atoms with Gasteiger partial charge in [0, 0.05) is 28.3 Å². The molecule has 0 unspecified atom stereocenters. The van der Waals surface area contributed by atoms with Gasteiger partial charge in [0.05, 0.1) is 6.54 Å². The molecule has 0 aliphatic heterocycles. The van der Waals surface area contributed by atoms with Crippen LogP contribution in [0.5, 0.6) is 5.75 Å². The zero-order valence-electron chi connectivity index (χ0n) is 11.3. The van der Waals surface area contributed by atoms with Crippen LogP contribution in [0, 0.1) is 0 Å². The maximum absolute atomic E-state index is 11.6. The van der Waals surface area contributed by atoms with Gasteiger partial charge in [-0.2, -0.15) is 0 Å². The van der Waals surface area contributed by atoms with Gasteiger partial charge in [-0.05, 0) is 31.2 Å². The van der Waals surface area contributed by atoms with Crippen LogP contribution in [0.15, 0.2) is 51.9 Å². The van der Waals surface area contributed by atoms with E-state index in [1.54, 1.807) is 16.8 Å². The average Bonchev–Trinajstić information content (AvgIpc) is 2.42. The van der Waals surface area contributed by atoms with Crippen molar-refractivity contribution >= 4 is 15.9 Å². The number of nitrogens with zero attached hydrogens (tertiary/aromatic N) is 1. The Balaban J connectivity index is 2.05. The summed E-state index contributed by atoms with van der Waals surface area (Å²) < 4.78 is 8.34. The maximum atomic E-state index is 11.6. The van der Waals surface area contributed by atoms with Crippen LogP contribution in [0.1, 0.15) is 18.5 Å². The second-order valence-corrected chi connectivity index (χ2v) is 5.47. The molecule has 1 heterocycles. The minimum Gasteiger partial charge on any atom is -0.491 e. The van der Waals surface area contributed by atoms with E-state index in [9.17, 15) is 4.79 Å². The van der Waals surface area contributed by atoms with Crippen molar-refractivity contribution in [3.63, 3.8) is 0 Å². The first-order valence-electron chi connectivity index (χ1n) is 6.41. The van der Waals surface area contributed by atoms with Crippen molar-refractivity contribution in [2.75, 3.05) is 6.61 Å². The number of benzene rings is 1. The molecule has 2 rings (SSSR count). The number of aromatic nitrogens is 1. The Kier molecular flexibility index (Phi) is 4.98. The van der Waals surface area contributed by atoms with Crippen molar-refractivity contribution in [3.8, 4) is 5.75 Å². The molecular formula is C15H17BrN2O2. The summed E-state index contributed by atoms with van der Waals surface area (Å²) in [5, 5.41) is 0. The number of ether oxygens (including phenoxy) is 1. The van der Waals surface area contributed by atoms with Gasteiger partial charge in [0.25, 0.3) is 5.56 Å². The van der Waals surface area contributed by atoms with Gasteiger partial charge in [-0.3, -0.25) is 4.79 Å². The fourth-order valence-corrected chi connectivity index (χ4v) is 2.28. The van der Waals surface area contributed by atoms with Gasteiger partial charge in [-0.15, -0.1) is 0 Å². The fraction of sp³-hybridized carbons (Fsp3) is 0.267. The Morgan fingerprint density at radius 2 is 2.15 bits per heavy atom. The topological polar surface area (TPSA) is 57.2 Å². The van der Waals surface area contributed by atoms with Crippen molar-refractivity contribution in [1.82, 2.24) is 4.57 Å². The van der Waals surface area contributed by atoms with E-state index >= 15 is 0 Å². The Labute approximate surface area is 126 Å². The molecule has 0 spiro atoms. The third-order valence-electron chi connectivity index (χ3n) is 2.95. The summed E-state index contributed by atoms with van der Waals surface area (Å²) >= 11 is 3.42. The zero-order chi connectivity index (χ0) is 14.5. The minimum absolute atomic E-state index is 0.0284. The smallest absolute Gasteiger partial charge is 0.250 e. The van der Waals surface area contributed by atoms with Crippen LogP contribution in [0.3, 0.4) is 0 Å². The van der Waals surface area contributed by atoms with Gasteiger partial charge in [-0.1, -0.05) is 22.0 Å². The summed E-state index contributed by atoms with van der Waals surface area (Å²) in [5.41, 5.74) is 6.85. The van der Waals surface area contributed by atoms with E-state index < -0.39 is 0 Å². The standard InChI is InChI=1S/C15H17BrN2O2/c1-11(17)13-10-12(16)5-6-14(13)20-9-8-18-7-3-2-4-15(18)19/h2-7,10-11H,8-9,17H2,1H3/t11-/m1/s1. The third kappa shape index (κ3) is 3.71. The minimum atomic E-state index is -0.109. The molecule has 1 aromatic carbocycles. The van der Waals surface area contributed by atoms with Crippen LogP contribution in [-0.4, -0.2) is 11.2 Å². The molecule has 0 aliphatic carbocycles. The van der Waals surface area contributed by atoms with E-state index in [1.165, 1.54) is 6.07 Å². The highest BCUT2D eigenvalue weighted by molar-refractivity contribution is 9.10. The van der Waals surface area contributed by atoms with Crippen LogP contribution < -0.4 is 16.0 Å². The second kappa shape index (κ2) is 6.72. The fourth-order valence-electron chi connectivity index (χ4n) is 1.91. The molecule has 5 heteroatoms. The number of halogens is 1. The van der Waals surface area contributed by atoms with E-state index in [1.807, 2.05) is 31.2 Å². The first-order chi connectivity index (χ1) is 9.58. The molecule has 1 atom stereocenters. The van der Waals surface area contributed by atoms with Crippen LogP contribution in [0.4, 0.5) is 0 Å². The molecule has 0 radical (unpaired) electrons. The molecule has 1 aromatic heterocycles. The summed E-state index contributed by atoms with van der Waals surface area (Å²) in [7, 11) is 0. The second-order valence-electron chi connectivity index (χ2n) is 4.55. The van der Waals surface area contributed by atoms with Gasteiger partial charge < -0.3 is 15.0 Å². The summed E-state index contributed by atoms with van der Waals surface area (Å²) in [5.74, 6) is 0.757. The summed E-state index contributed by atoms with van der Waals surface area (Å²) in [4.78, 5) is 11.6. The largest absolute Gasteiger partial charge is 0.491 e. The SMILES string of the molecule is C[C@@H](N)c1cc(Br)ccc1OCCn1ccccc1=O. The number of pyridine rings is 1. The lowest BCUT2D eigenvalue weighted by Crippen LogP contribution is -2.21. The molecule has 0 amide bonds. The number of rotatable bonds is 5. The van der Waals surface area contributed by atoms with Crippen molar-refractivity contribution < 1.29 is 4.74 Å². The average molecular weight is 337 g/mol. The highest BCUT2D eigenvalue weighted by atomic mass is 79.9. The zero-order valence-corrected chi connectivity index (χ0v) is 12.8. The van der Waals surface area contributed by atoms with Crippen LogP contribution >= 0.6 is 15.9 Å². The van der Waals surface area contributed by atoms with E-state index in [0.29, 0.717) is 13.2 Å². The van der Waals surface area contributed by atoms with Gasteiger partial charge in [0.15, 0.2) is 0 Å². The quantitative estimate of drug-likeness (QED) is 0.913. The molecule has 4 nitrogen and oxygen atoms in total. The molecular weight excluding hydrogens is 320 g/mol. The summed E-state index contributed by atoms with van der Waals surface area (Å²) in [6.45, 7) is 2.84. The Bertz CT molecular complexity index is 638. The van der Waals surface area contributed by atoms with Crippen molar-refractivity contribution in [2.45, 2.75) is 19.5 Å². The Morgan fingerprint density at radius 3 is 2.85 bits per heavy atom. The maximum Gasteiger partial charge on any atom is 0.250 e. The lowest BCUT2D eigenvalue weighted by Gasteiger charge is -2.15. The Hall–Kier alpha value is -1.59. The first kappa shape index (κ1) is 14.8.